The fourth-order valence-corrected chi connectivity index (χ4v) is 3.58. The molecule has 0 radical (unpaired) electrons. The number of hydrogen-bond donors (Lipinski definition) is 0. The van der Waals surface area contributed by atoms with Crippen molar-refractivity contribution in [3.05, 3.63) is 24.3 Å². The molecule has 0 spiro atoms. The molecule has 7 nitrogen and oxygen atoms in total. The van der Waals surface area contributed by atoms with Crippen molar-refractivity contribution in [1.82, 2.24) is 14.1 Å². The Bertz CT molecular complexity index is 635. The first-order chi connectivity index (χ1) is 10.8. The summed E-state index contributed by atoms with van der Waals surface area (Å²) in [6.45, 7) is 2.38. The van der Waals surface area contributed by atoms with Gasteiger partial charge in [0.15, 0.2) is 6.61 Å². The molecule has 1 aliphatic heterocycles. The minimum Gasteiger partial charge on any atom is -0.484 e. The van der Waals surface area contributed by atoms with Gasteiger partial charge in [0.1, 0.15) is 5.75 Å². The van der Waals surface area contributed by atoms with Crippen LogP contribution in [0.1, 0.15) is 0 Å². The van der Waals surface area contributed by atoms with Crippen LogP contribution in [0.5, 0.6) is 5.75 Å². The van der Waals surface area contributed by atoms with Crippen LogP contribution in [0.3, 0.4) is 0 Å². The van der Waals surface area contributed by atoms with Crippen LogP contribution in [0.15, 0.2) is 29.2 Å². The van der Waals surface area contributed by atoms with Crippen LogP contribution in [-0.2, 0) is 14.8 Å². The minimum absolute atomic E-state index is 0.0719. The van der Waals surface area contributed by atoms with Crippen molar-refractivity contribution in [1.29, 1.82) is 0 Å². The summed E-state index contributed by atoms with van der Waals surface area (Å²) in [7, 11) is 1.81. The summed E-state index contributed by atoms with van der Waals surface area (Å²) in [5, 5.41) is 0. The number of carbonyl (C=O) groups is 1. The molecule has 1 saturated heterocycles. The fraction of sp³-hybridized carbons (Fsp3) is 0.533. The lowest BCUT2D eigenvalue weighted by Gasteiger charge is -2.31. The van der Waals surface area contributed by atoms with E-state index in [0.29, 0.717) is 18.8 Å². The summed E-state index contributed by atoms with van der Waals surface area (Å²) in [6, 6.07) is 6.18. The second-order valence-corrected chi connectivity index (χ2v) is 7.69. The van der Waals surface area contributed by atoms with E-state index in [-0.39, 0.29) is 17.4 Å². The summed E-state index contributed by atoms with van der Waals surface area (Å²) in [5.74, 6) is 0.316. The molecular formula is C15H23N3O4S. The molecule has 1 aromatic carbocycles. The van der Waals surface area contributed by atoms with Crippen LogP contribution in [0.25, 0.3) is 0 Å². The standard InChI is InChI=1S/C15H23N3O4S/c1-16(2)15(19)12-22-13-4-6-14(7-5-13)23(20,21)18-10-8-17(3)9-11-18/h4-7H,8-12H2,1-3H3. The first-order valence-corrected chi connectivity index (χ1v) is 8.86. The Hall–Kier alpha value is -1.64. The molecule has 0 unspecified atom stereocenters. The number of rotatable bonds is 5. The highest BCUT2D eigenvalue weighted by molar-refractivity contribution is 7.89. The van der Waals surface area contributed by atoms with Gasteiger partial charge in [-0.3, -0.25) is 4.79 Å². The third kappa shape index (κ3) is 4.43. The van der Waals surface area contributed by atoms with Gasteiger partial charge in [-0.1, -0.05) is 0 Å². The second-order valence-electron chi connectivity index (χ2n) is 5.76. The SMILES string of the molecule is CN1CCN(S(=O)(=O)c2ccc(OCC(=O)N(C)C)cc2)CC1. The number of piperazine rings is 1. The molecule has 0 bridgehead atoms. The zero-order chi connectivity index (χ0) is 17.0. The summed E-state index contributed by atoms with van der Waals surface area (Å²) < 4.78 is 32.0. The number of benzene rings is 1. The van der Waals surface area contributed by atoms with Crippen molar-refractivity contribution >= 4 is 15.9 Å². The van der Waals surface area contributed by atoms with Crippen LogP contribution in [-0.4, -0.2) is 82.4 Å². The van der Waals surface area contributed by atoms with Crippen molar-refractivity contribution < 1.29 is 17.9 Å². The molecule has 2 rings (SSSR count). The van der Waals surface area contributed by atoms with Crippen LogP contribution in [0, 0.1) is 0 Å². The lowest BCUT2D eigenvalue weighted by atomic mass is 10.3. The van der Waals surface area contributed by atoms with Gasteiger partial charge < -0.3 is 14.5 Å². The molecule has 0 N–H and O–H groups in total. The van der Waals surface area contributed by atoms with Gasteiger partial charge in [0.05, 0.1) is 4.90 Å². The van der Waals surface area contributed by atoms with Gasteiger partial charge in [0.25, 0.3) is 5.91 Å². The molecule has 128 valence electrons. The highest BCUT2D eigenvalue weighted by Gasteiger charge is 2.27. The van der Waals surface area contributed by atoms with Crippen molar-refractivity contribution in [3.63, 3.8) is 0 Å². The zero-order valence-corrected chi connectivity index (χ0v) is 14.5. The number of sulfonamides is 1. The number of nitrogens with zero attached hydrogens (tertiary/aromatic N) is 3. The van der Waals surface area contributed by atoms with Gasteiger partial charge in [0, 0.05) is 40.3 Å². The Morgan fingerprint density at radius 3 is 2.22 bits per heavy atom. The van der Waals surface area contributed by atoms with E-state index in [1.807, 2.05) is 7.05 Å². The molecule has 1 heterocycles. The van der Waals surface area contributed by atoms with Crippen molar-refractivity contribution in [2.45, 2.75) is 4.90 Å². The highest BCUT2D eigenvalue weighted by Crippen LogP contribution is 2.20. The first-order valence-electron chi connectivity index (χ1n) is 7.42. The lowest BCUT2D eigenvalue weighted by Crippen LogP contribution is -2.46. The Balaban J connectivity index is 2.02. The molecule has 1 aromatic rings. The molecule has 8 heteroatoms. The summed E-state index contributed by atoms with van der Waals surface area (Å²) in [4.78, 5) is 15.3. The maximum atomic E-state index is 12.6. The monoisotopic (exact) mass is 341 g/mol. The van der Waals surface area contributed by atoms with Gasteiger partial charge in [-0.05, 0) is 31.3 Å². The van der Waals surface area contributed by atoms with Crippen LogP contribution in [0.4, 0.5) is 0 Å². The molecule has 0 aromatic heterocycles. The fourth-order valence-electron chi connectivity index (χ4n) is 2.16. The van der Waals surface area contributed by atoms with Crippen LogP contribution >= 0.6 is 0 Å². The Morgan fingerprint density at radius 2 is 1.70 bits per heavy atom. The van der Waals surface area contributed by atoms with Gasteiger partial charge in [-0.15, -0.1) is 0 Å². The average Bonchev–Trinajstić information content (AvgIpc) is 2.53. The summed E-state index contributed by atoms with van der Waals surface area (Å²) in [6.07, 6.45) is 0. The number of ether oxygens (including phenoxy) is 1. The molecule has 0 atom stereocenters. The molecular weight excluding hydrogens is 318 g/mol. The van der Waals surface area contributed by atoms with Gasteiger partial charge in [-0.25, -0.2) is 8.42 Å². The largest absolute Gasteiger partial charge is 0.484 e. The smallest absolute Gasteiger partial charge is 0.259 e. The van der Waals surface area contributed by atoms with Crippen LogP contribution < -0.4 is 4.74 Å². The van der Waals surface area contributed by atoms with Crippen molar-refractivity contribution in [2.75, 3.05) is 53.9 Å². The predicted octanol–water partition coefficient (Wildman–Crippen LogP) is 0.0897. The van der Waals surface area contributed by atoms with E-state index in [4.69, 9.17) is 4.74 Å². The zero-order valence-electron chi connectivity index (χ0n) is 13.7. The summed E-state index contributed by atoms with van der Waals surface area (Å²) >= 11 is 0. The molecule has 1 amide bonds. The average molecular weight is 341 g/mol. The van der Waals surface area contributed by atoms with E-state index in [0.717, 1.165) is 13.1 Å². The molecule has 23 heavy (non-hydrogen) atoms. The topological polar surface area (TPSA) is 70.2 Å². The predicted molar refractivity (Wildman–Crippen MR) is 86.9 cm³/mol. The van der Waals surface area contributed by atoms with E-state index in [2.05, 4.69) is 4.90 Å². The van der Waals surface area contributed by atoms with E-state index in [1.54, 1.807) is 26.2 Å². The van der Waals surface area contributed by atoms with E-state index >= 15 is 0 Å². The maximum Gasteiger partial charge on any atom is 0.259 e. The minimum atomic E-state index is -3.47. The van der Waals surface area contributed by atoms with E-state index < -0.39 is 10.0 Å². The normalized spacial score (nSPS) is 17.0. The van der Waals surface area contributed by atoms with Crippen molar-refractivity contribution in [2.24, 2.45) is 0 Å². The Labute approximate surface area is 137 Å². The van der Waals surface area contributed by atoms with E-state index in [9.17, 15) is 13.2 Å². The quantitative estimate of drug-likeness (QED) is 0.759. The Kier molecular flexibility index (Phi) is 5.61. The molecule has 0 saturated carbocycles. The molecule has 0 aliphatic carbocycles. The van der Waals surface area contributed by atoms with E-state index in [1.165, 1.54) is 21.3 Å². The van der Waals surface area contributed by atoms with Crippen molar-refractivity contribution in [3.8, 4) is 5.75 Å². The third-order valence-electron chi connectivity index (χ3n) is 3.78. The number of likely N-dealkylation sites (N-methyl/N-ethyl adjacent to an activating group) is 2. The molecule has 1 aliphatic rings. The van der Waals surface area contributed by atoms with Crippen LogP contribution in [0.2, 0.25) is 0 Å². The lowest BCUT2D eigenvalue weighted by molar-refractivity contribution is -0.130. The van der Waals surface area contributed by atoms with Gasteiger partial charge in [0.2, 0.25) is 10.0 Å². The highest BCUT2D eigenvalue weighted by atomic mass is 32.2. The number of hydrogen-bond acceptors (Lipinski definition) is 5. The molecule has 1 fully saturated rings. The second kappa shape index (κ2) is 7.29. The summed E-state index contributed by atoms with van der Waals surface area (Å²) in [5.41, 5.74) is 0. The number of carbonyl (C=O) groups excluding carboxylic acids is 1. The van der Waals surface area contributed by atoms with Gasteiger partial charge in [-0.2, -0.15) is 4.31 Å². The third-order valence-corrected chi connectivity index (χ3v) is 5.70. The Morgan fingerprint density at radius 1 is 1.13 bits per heavy atom. The first kappa shape index (κ1) is 17.7. The van der Waals surface area contributed by atoms with Gasteiger partial charge >= 0.3 is 0 Å². The maximum absolute atomic E-state index is 12.6. The number of amides is 1.